The first-order chi connectivity index (χ1) is 17.1. The first kappa shape index (κ1) is 26.5. The molecule has 1 saturated carbocycles. The number of phenols is 1. The van der Waals surface area contributed by atoms with Crippen molar-refractivity contribution in [3.05, 3.63) is 34.1 Å². The van der Waals surface area contributed by atoms with Gasteiger partial charge in [-0.1, -0.05) is 13.8 Å². The van der Waals surface area contributed by atoms with Gasteiger partial charge >= 0.3 is 0 Å². The fourth-order valence-electron chi connectivity index (χ4n) is 6.30. The molecule has 11 heteroatoms. The van der Waals surface area contributed by atoms with Crippen LogP contribution in [0.3, 0.4) is 0 Å². The highest BCUT2D eigenvalue weighted by atomic mass is 16.3. The number of fused-ring (bicyclic) bond motifs is 3. The SMILES string of the molecule is CC(C)CN(C)c1cc(N)c(O)c2c1CC1CC3[C@H](N(C)C)C(=O)C(C(N)=O)=C(O)[C@@]3(O)C(=O)C1=C2O. The normalized spacial score (nSPS) is 27.4. The Morgan fingerprint density at radius 1 is 1.19 bits per heavy atom. The lowest BCUT2D eigenvalue weighted by atomic mass is 9.57. The highest BCUT2D eigenvalue weighted by Gasteiger charge is 2.64. The van der Waals surface area contributed by atoms with Crippen molar-refractivity contribution in [2.24, 2.45) is 23.5 Å². The van der Waals surface area contributed by atoms with Crippen molar-refractivity contribution in [1.29, 1.82) is 0 Å². The van der Waals surface area contributed by atoms with Crippen LogP contribution in [0.4, 0.5) is 11.4 Å². The molecule has 37 heavy (non-hydrogen) atoms. The molecule has 1 amide bonds. The number of phenolic OH excluding ortho intramolecular Hbond substituents is 1. The fourth-order valence-corrected chi connectivity index (χ4v) is 6.30. The standard InChI is InChI=1S/C26H34N4O7/c1-10(2)9-30(5)15-8-14(27)20(31)17-12(15)6-11-7-13-19(29(3)4)22(33)18(25(28)36)24(35)26(13,37)23(34)16(11)21(17)32/h8,10-11,13,19,31-32,35,37H,6-7,9,27H2,1-5H3,(H2,28,36)/t11?,13?,19-,26-/m0/s1. The number of amides is 1. The molecule has 200 valence electrons. The molecule has 11 nitrogen and oxygen atoms in total. The summed E-state index contributed by atoms with van der Waals surface area (Å²) < 4.78 is 0. The number of aliphatic hydroxyl groups excluding tert-OH is 2. The van der Waals surface area contributed by atoms with Gasteiger partial charge in [-0.15, -0.1) is 0 Å². The first-order valence-corrected chi connectivity index (χ1v) is 12.1. The number of Topliss-reactive ketones (excluding diaryl/α,β-unsaturated/α-hetero) is 2. The number of ketones is 2. The second-order valence-electron chi connectivity index (χ2n) is 10.9. The van der Waals surface area contributed by atoms with Crippen molar-refractivity contribution in [2.75, 3.05) is 38.3 Å². The van der Waals surface area contributed by atoms with E-state index in [4.69, 9.17) is 11.5 Å². The molecule has 0 saturated heterocycles. The van der Waals surface area contributed by atoms with Crippen molar-refractivity contribution in [2.45, 2.75) is 38.3 Å². The van der Waals surface area contributed by atoms with Crippen LogP contribution < -0.4 is 16.4 Å². The van der Waals surface area contributed by atoms with Crippen molar-refractivity contribution >= 4 is 34.6 Å². The maximum atomic E-state index is 13.9. The summed E-state index contributed by atoms with van der Waals surface area (Å²) >= 11 is 0. The van der Waals surface area contributed by atoms with Gasteiger partial charge in [0.25, 0.3) is 5.91 Å². The van der Waals surface area contributed by atoms with Crippen LogP contribution >= 0.6 is 0 Å². The van der Waals surface area contributed by atoms with E-state index >= 15 is 0 Å². The van der Waals surface area contributed by atoms with Gasteiger partial charge in [0.15, 0.2) is 11.4 Å². The van der Waals surface area contributed by atoms with Gasteiger partial charge in [0.05, 0.1) is 17.3 Å². The third kappa shape index (κ3) is 3.67. The number of hydrogen-bond acceptors (Lipinski definition) is 10. The molecule has 1 aromatic rings. The Bertz CT molecular complexity index is 1280. The molecule has 4 atom stereocenters. The highest BCUT2D eigenvalue weighted by Crippen LogP contribution is 2.54. The number of carbonyl (C=O) groups excluding carboxylic acids is 3. The van der Waals surface area contributed by atoms with E-state index in [-0.39, 0.29) is 29.7 Å². The Balaban J connectivity index is 1.97. The molecule has 0 spiro atoms. The summed E-state index contributed by atoms with van der Waals surface area (Å²) in [6.45, 7) is 4.75. The highest BCUT2D eigenvalue weighted by molar-refractivity contribution is 6.24. The molecular formula is C26H34N4O7. The number of aliphatic hydroxyl groups is 3. The molecule has 0 radical (unpaired) electrons. The Hall–Kier alpha value is -3.57. The number of aromatic hydroxyl groups is 1. The summed E-state index contributed by atoms with van der Waals surface area (Å²) in [5.41, 5.74) is 8.95. The van der Waals surface area contributed by atoms with Gasteiger partial charge in [0, 0.05) is 30.8 Å². The van der Waals surface area contributed by atoms with Gasteiger partial charge in [-0.3, -0.25) is 19.3 Å². The Morgan fingerprint density at radius 3 is 2.35 bits per heavy atom. The predicted molar refractivity (Wildman–Crippen MR) is 137 cm³/mol. The van der Waals surface area contributed by atoms with Crippen LogP contribution in [-0.2, 0) is 20.8 Å². The molecular weight excluding hydrogens is 480 g/mol. The quantitative estimate of drug-likeness (QED) is 0.185. The molecule has 2 unspecified atom stereocenters. The van der Waals surface area contributed by atoms with Gasteiger partial charge in [-0.05, 0) is 50.4 Å². The summed E-state index contributed by atoms with van der Waals surface area (Å²) in [6, 6.07) is 0.497. The Labute approximate surface area is 214 Å². The number of nitrogens with two attached hydrogens (primary N) is 2. The van der Waals surface area contributed by atoms with Crippen LogP contribution in [0.2, 0.25) is 0 Å². The van der Waals surface area contributed by atoms with E-state index in [9.17, 15) is 34.8 Å². The number of primary amides is 1. The molecule has 0 aromatic heterocycles. The average molecular weight is 515 g/mol. The molecule has 1 fully saturated rings. The van der Waals surface area contributed by atoms with E-state index in [0.29, 0.717) is 23.7 Å². The van der Waals surface area contributed by atoms with Gasteiger partial charge in [-0.2, -0.15) is 0 Å². The van der Waals surface area contributed by atoms with Gasteiger partial charge in [0.1, 0.15) is 22.8 Å². The van der Waals surface area contributed by atoms with Gasteiger partial charge < -0.3 is 36.8 Å². The van der Waals surface area contributed by atoms with Crippen LogP contribution in [-0.4, -0.2) is 82.1 Å². The van der Waals surface area contributed by atoms with Crippen molar-refractivity contribution in [3.63, 3.8) is 0 Å². The van der Waals surface area contributed by atoms with Crippen LogP contribution in [0, 0.1) is 17.8 Å². The van der Waals surface area contributed by atoms with Crippen LogP contribution in [0.5, 0.6) is 5.75 Å². The predicted octanol–water partition coefficient (Wildman–Crippen LogP) is 0.638. The van der Waals surface area contributed by atoms with E-state index in [1.807, 2.05) is 25.8 Å². The number of likely N-dealkylation sites (N-methyl/N-ethyl adjacent to an activating group) is 1. The summed E-state index contributed by atoms with van der Waals surface area (Å²) in [6.07, 6.45) is 0.240. The van der Waals surface area contributed by atoms with Crippen LogP contribution in [0.15, 0.2) is 23.0 Å². The number of nitrogens with zero attached hydrogens (tertiary/aromatic N) is 2. The minimum Gasteiger partial charge on any atom is -0.508 e. The molecule has 1 aromatic carbocycles. The van der Waals surface area contributed by atoms with Crippen molar-refractivity contribution in [1.82, 2.24) is 4.90 Å². The number of nitrogen functional groups attached to an aromatic ring is 1. The zero-order chi connectivity index (χ0) is 27.7. The Morgan fingerprint density at radius 2 is 1.81 bits per heavy atom. The molecule has 8 N–H and O–H groups in total. The van der Waals surface area contributed by atoms with E-state index in [1.54, 1.807) is 20.2 Å². The molecule has 0 bridgehead atoms. The molecule has 0 heterocycles. The van der Waals surface area contributed by atoms with Gasteiger partial charge in [0.2, 0.25) is 5.78 Å². The molecule has 3 aliphatic rings. The third-order valence-corrected chi connectivity index (χ3v) is 7.78. The van der Waals surface area contributed by atoms with Crippen molar-refractivity contribution in [3.8, 4) is 5.75 Å². The minimum atomic E-state index is -2.67. The van der Waals surface area contributed by atoms with E-state index in [0.717, 1.165) is 0 Å². The van der Waals surface area contributed by atoms with Crippen LogP contribution in [0.25, 0.3) is 5.76 Å². The number of anilines is 2. The number of carbonyl (C=O) groups is 3. The lowest BCUT2D eigenvalue weighted by Crippen LogP contribution is -2.65. The zero-order valence-electron chi connectivity index (χ0n) is 21.6. The topological polar surface area (TPSA) is 191 Å². The lowest BCUT2D eigenvalue weighted by molar-refractivity contribution is -0.153. The minimum absolute atomic E-state index is 0.00416. The second kappa shape index (κ2) is 8.77. The average Bonchev–Trinajstić information content (AvgIpc) is 2.77. The summed E-state index contributed by atoms with van der Waals surface area (Å²) in [4.78, 5) is 42.6. The molecule has 0 aliphatic heterocycles. The molecule has 4 rings (SSSR count). The summed E-state index contributed by atoms with van der Waals surface area (Å²) in [5.74, 6) is -6.63. The van der Waals surface area contributed by atoms with E-state index in [1.165, 1.54) is 4.90 Å². The smallest absolute Gasteiger partial charge is 0.255 e. The number of hydrogen-bond donors (Lipinski definition) is 6. The molecule has 3 aliphatic carbocycles. The maximum absolute atomic E-state index is 13.9. The lowest BCUT2D eigenvalue weighted by Gasteiger charge is -2.50. The van der Waals surface area contributed by atoms with Crippen LogP contribution in [0.1, 0.15) is 31.4 Å². The summed E-state index contributed by atoms with van der Waals surface area (Å²) in [5, 5.41) is 44.7. The van der Waals surface area contributed by atoms with E-state index in [2.05, 4.69) is 0 Å². The van der Waals surface area contributed by atoms with E-state index < -0.39 is 63.8 Å². The fraction of sp³-hybridized carbons (Fsp3) is 0.500. The number of rotatable bonds is 5. The monoisotopic (exact) mass is 514 g/mol. The summed E-state index contributed by atoms with van der Waals surface area (Å²) in [7, 11) is 4.99. The zero-order valence-corrected chi connectivity index (χ0v) is 21.6. The maximum Gasteiger partial charge on any atom is 0.255 e. The van der Waals surface area contributed by atoms with Gasteiger partial charge in [-0.25, -0.2) is 0 Å². The Kier molecular flexibility index (Phi) is 6.28. The number of benzene rings is 1. The second-order valence-corrected chi connectivity index (χ2v) is 10.9. The largest absolute Gasteiger partial charge is 0.508 e. The first-order valence-electron chi connectivity index (χ1n) is 12.1. The third-order valence-electron chi connectivity index (χ3n) is 7.78. The van der Waals surface area contributed by atoms with Crippen molar-refractivity contribution < 1.29 is 34.8 Å².